The molecule has 0 spiro atoms. The van der Waals surface area contributed by atoms with Crippen molar-refractivity contribution >= 4 is 0 Å². The Hall–Kier alpha value is -0.600. The fourth-order valence-electron chi connectivity index (χ4n) is 2.16. The maximum atomic E-state index is 13.7. The largest absolute Gasteiger partial charge is 0.423 e. The second kappa shape index (κ2) is 3.95. The van der Waals surface area contributed by atoms with E-state index in [1.165, 1.54) is 0 Å². The summed E-state index contributed by atoms with van der Waals surface area (Å²) < 4.78 is 108. The van der Waals surface area contributed by atoms with Gasteiger partial charge < -0.3 is 4.74 Å². The summed E-state index contributed by atoms with van der Waals surface area (Å²) in [5.74, 6) is -6.57. The van der Waals surface area contributed by atoms with E-state index in [-0.39, 0.29) is 6.92 Å². The van der Waals surface area contributed by atoms with E-state index in [9.17, 15) is 35.1 Å². The van der Waals surface area contributed by atoms with Crippen molar-refractivity contribution in [3.05, 3.63) is 0 Å². The Morgan fingerprint density at radius 1 is 0.947 bits per heavy atom. The molecule has 9 heteroatoms. The Morgan fingerprint density at radius 2 is 1.37 bits per heavy atom. The summed E-state index contributed by atoms with van der Waals surface area (Å²) in [5.41, 5.74) is -7.44. The lowest BCUT2D eigenvalue weighted by Gasteiger charge is -2.52. The molecule has 3 atom stereocenters. The minimum atomic E-state index is -5.63. The SMILES string of the molecule is C[C@H]1CC(C)(C(F)(F)F)OC(C)(C(F)(F)F)C1(F)F. The average molecular weight is 300 g/mol. The van der Waals surface area contributed by atoms with Gasteiger partial charge >= 0.3 is 12.4 Å². The molecule has 114 valence electrons. The number of hydrogen-bond acceptors (Lipinski definition) is 1. The van der Waals surface area contributed by atoms with E-state index in [1.807, 2.05) is 0 Å². The third-order valence-electron chi connectivity index (χ3n) is 3.52. The van der Waals surface area contributed by atoms with E-state index >= 15 is 0 Å². The number of ether oxygens (including phenoxy) is 1. The van der Waals surface area contributed by atoms with Gasteiger partial charge in [0.2, 0.25) is 5.60 Å². The zero-order valence-electron chi connectivity index (χ0n) is 10.2. The van der Waals surface area contributed by atoms with Gasteiger partial charge in [-0.15, -0.1) is 0 Å². The lowest BCUT2D eigenvalue weighted by molar-refractivity contribution is -0.432. The molecule has 0 saturated carbocycles. The van der Waals surface area contributed by atoms with Crippen molar-refractivity contribution in [2.24, 2.45) is 5.92 Å². The van der Waals surface area contributed by atoms with E-state index in [0.29, 0.717) is 13.8 Å². The van der Waals surface area contributed by atoms with Crippen LogP contribution in [0.4, 0.5) is 35.1 Å². The van der Waals surface area contributed by atoms with Crippen LogP contribution in [0.15, 0.2) is 0 Å². The van der Waals surface area contributed by atoms with Gasteiger partial charge in [-0.1, -0.05) is 6.92 Å². The van der Waals surface area contributed by atoms with Crippen molar-refractivity contribution < 1.29 is 39.9 Å². The summed E-state index contributed by atoms with van der Waals surface area (Å²) in [7, 11) is 0. The highest BCUT2D eigenvalue weighted by Crippen LogP contribution is 2.58. The Kier molecular flexibility index (Phi) is 3.42. The summed E-state index contributed by atoms with van der Waals surface area (Å²) in [6.45, 7) is 0.950. The van der Waals surface area contributed by atoms with Crippen molar-refractivity contribution in [3.8, 4) is 0 Å². The summed E-state index contributed by atoms with van der Waals surface area (Å²) in [5, 5.41) is 0. The van der Waals surface area contributed by atoms with Crippen molar-refractivity contribution in [3.63, 3.8) is 0 Å². The molecule has 0 amide bonds. The van der Waals surface area contributed by atoms with Gasteiger partial charge in [0.05, 0.1) is 0 Å². The molecule has 1 fully saturated rings. The lowest BCUT2D eigenvalue weighted by atomic mass is 9.76. The normalized spacial score (nSPS) is 40.3. The van der Waals surface area contributed by atoms with Crippen molar-refractivity contribution in [1.82, 2.24) is 0 Å². The first kappa shape index (κ1) is 16.5. The summed E-state index contributed by atoms with van der Waals surface area (Å²) >= 11 is 0. The van der Waals surface area contributed by atoms with Gasteiger partial charge in [0.25, 0.3) is 5.92 Å². The van der Waals surface area contributed by atoms with Crippen LogP contribution < -0.4 is 0 Å². The minimum absolute atomic E-state index is 0.0490. The number of rotatable bonds is 0. The van der Waals surface area contributed by atoms with Crippen molar-refractivity contribution in [2.45, 2.75) is 56.7 Å². The van der Waals surface area contributed by atoms with Crippen LogP contribution in [0, 0.1) is 5.92 Å². The van der Waals surface area contributed by atoms with Crippen LogP contribution in [-0.2, 0) is 4.74 Å². The highest BCUT2D eigenvalue weighted by molar-refractivity contribution is 5.08. The molecule has 0 bridgehead atoms. The molecule has 0 aromatic heterocycles. The van der Waals surface area contributed by atoms with Gasteiger partial charge in [0.1, 0.15) is 0 Å². The van der Waals surface area contributed by atoms with Gasteiger partial charge in [-0.25, -0.2) is 8.78 Å². The van der Waals surface area contributed by atoms with Crippen LogP contribution in [0.3, 0.4) is 0 Å². The van der Waals surface area contributed by atoms with Gasteiger partial charge in [-0.3, -0.25) is 0 Å². The molecule has 1 rings (SSSR count). The lowest BCUT2D eigenvalue weighted by Crippen LogP contribution is -2.70. The Morgan fingerprint density at radius 3 is 1.68 bits per heavy atom. The van der Waals surface area contributed by atoms with Crippen LogP contribution in [0.1, 0.15) is 27.2 Å². The highest BCUT2D eigenvalue weighted by Gasteiger charge is 2.77. The van der Waals surface area contributed by atoms with Gasteiger partial charge in [0.15, 0.2) is 5.60 Å². The smallest absolute Gasteiger partial charge is 0.344 e. The molecule has 1 aliphatic heterocycles. The first-order chi connectivity index (χ1) is 8.08. The molecule has 0 aliphatic carbocycles. The predicted molar refractivity (Wildman–Crippen MR) is 48.7 cm³/mol. The molecule has 0 radical (unpaired) electrons. The molecule has 1 aliphatic rings. The molecular weight excluding hydrogens is 288 g/mol. The molecule has 0 aromatic rings. The van der Waals surface area contributed by atoms with Crippen LogP contribution >= 0.6 is 0 Å². The summed E-state index contributed by atoms with van der Waals surface area (Å²) in [6, 6.07) is 0. The zero-order chi connectivity index (χ0) is 15.5. The quantitative estimate of drug-likeness (QED) is 0.605. The van der Waals surface area contributed by atoms with Gasteiger partial charge in [-0.2, -0.15) is 26.3 Å². The minimum Gasteiger partial charge on any atom is -0.344 e. The molecule has 1 saturated heterocycles. The van der Waals surface area contributed by atoms with E-state index < -0.39 is 41.8 Å². The maximum Gasteiger partial charge on any atom is 0.423 e. The molecule has 0 aromatic carbocycles. The van der Waals surface area contributed by atoms with Crippen LogP contribution in [0.25, 0.3) is 0 Å². The third-order valence-corrected chi connectivity index (χ3v) is 3.52. The first-order valence-electron chi connectivity index (χ1n) is 5.30. The second-order valence-electron chi connectivity index (χ2n) is 5.09. The molecular formula is C10H12F8O. The van der Waals surface area contributed by atoms with E-state index in [0.717, 1.165) is 0 Å². The van der Waals surface area contributed by atoms with E-state index in [1.54, 1.807) is 0 Å². The van der Waals surface area contributed by atoms with Crippen molar-refractivity contribution in [1.29, 1.82) is 0 Å². The van der Waals surface area contributed by atoms with E-state index in [2.05, 4.69) is 4.74 Å². The summed E-state index contributed by atoms with van der Waals surface area (Å²) in [6.07, 6.45) is -12.0. The third kappa shape index (κ3) is 2.19. The monoisotopic (exact) mass is 300 g/mol. The molecule has 2 unspecified atom stereocenters. The predicted octanol–water partition coefficient (Wildman–Crippen LogP) is 4.32. The highest BCUT2D eigenvalue weighted by atomic mass is 19.4. The number of hydrogen-bond donors (Lipinski definition) is 0. The standard InChI is InChI=1S/C10H12F8O/c1-5-4-6(2,9(13,14)15)19-7(3,8(5,11)12)10(16,17)18/h5H,4H2,1-3H3/t5-,6?,7?/m0/s1. The van der Waals surface area contributed by atoms with Gasteiger partial charge in [0, 0.05) is 5.92 Å². The molecule has 1 heterocycles. The van der Waals surface area contributed by atoms with Crippen LogP contribution in [0.5, 0.6) is 0 Å². The Bertz CT molecular complexity index is 360. The zero-order valence-corrected chi connectivity index (χ0v) is 10.2. The van der Waals surface area contributed by atoms with E-state index in [4.69, 9.17) is 0 Å². The van der Waals surface area contributed by atoms with Crippen LogP contribution in [-0.4, -0.2) is 29.5 Å². The summed E-state index contributed by atoms with van der Waals surface area (Å²) in [4.78, 5) is 0. The average Bonchev–Trinajstić information content (AvgIpc) is 2.11. The molecule has 19 heavy (non-hydrogen) atoms. The molecule has 0 N–H and O–H groups in total. The fourth-order valence-corrected chi connectivity index (χ4v) is 2.16. The van der Waals surface area contributed by atoms with Gasteiger partial charge in [-0.05, 0) is 20.3 Å². The first-order valence-corrected chi connectivity index (χ1v) is 5.30. The number of alkyl halides is 8. The maximum absolute atomic E-state index is 13.7. The fraction of sp³-hybridized carbons (Fsp3) is 1.00. The Labute approximate surface area is 103 Å². The number of halogens is 8. The molecule has 1 nitrogen and oxygen atoms in total. The van der Waals surface area contributed by atoms with Crippen molar-refractivity contribution in [2.75, 3.05) is 0 Å². The van der Waals surface area contributed by atoms with Crippen LogP contribution in [0.2, 0.25) is 0 Å². The topological polar surface area (TPSA) is 9.23 Å². The second-order valence-corrected chi connectivity index (χ2v) is 5.09. The Balaban J connectivity index is 3.36.